The SMILES string of the molecule is O=C(CN1C(=O)C2CC=CCC2C1=O)OCc1ncc(-c2ccccc2)o1. The van der Waals surface area contributed by atoms with Gasteiger partial charge in [-0.05, 0) is 12.8 Å². The van der Waals surface area contributed by atoms with Crippen LogP contribution in [0.1, 0.15) is 18.7 Å². The topological polar surface area (TPSA) is 89.7 Å². The minimum Gasteiger partial charge on any atom is -0.454 e. The van der Waals surface area contributed by atoms with Crippen molar-refractivity contribution in [2.45, 2.75) is 19.4 Å². The van der Waals surface area contributed by atoms with Crippen LogP contribution < -0.4 is 0 Å². The molecule has 138 valence electrons. The number of ether oxygens (including phenoxy) is 1. The molecule has 2 unspecified atom stereocenters. The Morgan fingerprint density at radius 2 is 1.78 bits per heavy atom. The molecule has 0 radical (unpaired) electrons. The monoisotopic (exact) mass is 366 g/mol. The van der Waals surface area contributed by atoms with Crippen LogP contribution in [0.25, 0.3) is 11.3 Å². The molecule has 7 heteroatoms. The number of hydrogen-bond acceptors (Lipinski definition) is 6. The van der Waals surface area contributed by atoms with Gasteiger partial charge in [-0.1, -0.05) is 42.5 Å². The maximum Gasteiger partial charge on any atom is 0.326 e. The number of carbonyl (C=O) groups is 3. The van der Waals surface area contributed by atoms with Gasteiger partial charge in [0.25, 0.3) is 0 Å². The molecule has 2 aromatic rings. The fourth-order valence-electron chi connectivity index (χ4n) is 3.45. The molecule has 27 heavy (non-hydrogen) atoms. The molecule has 0 bridgehead atoms. The molecule has 1 aliphatic heterocycles. The zero-order valence-electron chi connectivity index (χ0n) is 14.5. The largest absolute Gasteiger partial charge is 0.454 e. The molecule has 0 saturated carbocycles. The van der Waals surface area contributed by atoms with Crippen LogP contribution in [-0.2, 0) is 25.7 Å². The molecule has 1 saturated heterocycles. The number of fused-ring (bicyclic) bond motifs is 1. The van der Waals surface area contributed by atoms with Crippen molar-refractivity contribution in [3.63, 3.8) is 0 Å². The summed E-state index contributed by atoms with van der Waals surface area (Å²) >= 11 is 0. The molecule has 1 aliphatic carbocycles. The molecule has 1 fully saturated rings. The lowest BCUT2D eigenvalue weighted by atomic mass is 9.85. The Hall–Kier alpha value is -3.22. The van der Waals surface area contributed by atoms with Crippen LogP contribution in [0, 0.1) is 11.8 Å². The summed E-state index contributed by atoms with van der Waals surface area (Å²) in [6, 6.07) is 9.43. The molecule has 4 rings (SSSR count). The predicted octanol–water partition coefficient (Wildman–Crippen LogP) is 2.34. The van der Waals surface area contributed by atoms with Crippen molar-refractivity contribution in [2.24, 2.45) is 11.8 Å². The summed E-state index contributed by atoms with van der Waals surface area (Å²) in [6.45, 7) is -0.535. The minimum absolute atomic E-state index is 0.156. The van der Waals surface area contributed by atoms with Crippen molar-refractivity contribution in [3.8, 4) is 11.3 Å². The predicted molar refractivity (Wildman–Crippen MR) is 93.8 cm³/mol. The molecule has 2 amide bonds. The molecule has 7 nitrogen and oxygen atoms in total. The molecule has 0 N–H and O–H groups in total. The maximum atomic E-state index is 12.4. The fourth-order valence-corrected chi connectivity index (χ4v) is 3.45. The number of aromatic nitrogens is 1. The first-order valence-electron chi connectivity index (χ1n) is 8.79. The quantitative estimate of drug-likeness (QED) is 0.458. The number of imide groups is 1. The Morgan fingerprint density at radius 3 is 2.44 bits per heavy atom. The lowest BCUT2D eigenvalue weighted by Gasteiger charge is -2.14. The number of amides is 2. The van der Waals surface area contributed by atoms with Crippen molar-refractivity contribution >= 4 is 17.8 Å². The standard InChI is InChI=1S/C20H18N2O5/c23-18(11-22-19(24)14-8-4-5-9-15(14)20(22)25)26-12-17-21-10-16(27-17)13-6-2-1-3-7-13/h1-7,10,14-15H,8-9,11-12H2. The van der Waals surface area contributed by atoms with E-state index in [0.717, 1.165) is 10.5 Å². The van der Waals surface area contributed by atoms with Crippen molar-refractivity contribution in [1.82, 2.24) is 9.88 Å². The molecule has 2 heterocycles. The molecule has 2 atom stereocenters. The normalized spacial score (nSPS) is 21.4. The zero-order chi connectivity index (χ0) is 18.8. The highest BCUT2D eigenvalue weighted by molar-refractivity contribution is 6.07. The average molecular weight is 366 g/mol. The number of rotatable bonds is 5. The second-order valence-electron chi connectivity index (χ2n) is 6.56. The summed E-state index contributed by atoms with van der Waals surface area (Å²) in [7, 11) is 0. The Morgan fingerprint density at radius 1 is 1.11 bits per heavy atom. The number of carbonyl (C=O) groups excluding carboxylic acids is 3. The van der Waals surface area contributed by atoms with Gasteiger partial charge in [0.15, 0.2) is 12.4 Å². The summed E-state index contributed by atoms with van der Waals surface area (Å²) in [4.78, 5) is 41.9. The van der Waals surface area contributed by atoms with E-state index in [9.17, 15) is 14.4 Å². The van der Waals surface area contributed by atoms with Gasteiger partial charge in [-0.25, -0.2) is 4.98 Å². The van der Waals surface area contributed by atoms with E-state index in [1.165, 1.54) is 0 Å². The molecular formula is C20H18N2O5. The van der Waals surface area contributed by atoms with Gasteiger partial charge < -0.3 is 9.15 Å². The summed E-state index contributed by atoms with van der Waals surface area (Å²) in [5.74, 6) is -1.14. The van der Waals surface area contributed by atoms with E-state index in [-0.39, 0.29) is 42.7 Å². The van der Waals surface area contributed by atoms with Crippen molar-refractivity contribution in [3.05, 3.63) is 54.6 Å². The molecular weight excluding hydrogens is 348 g/mol. The summed E-state index contributed by atoms with van der Waals surface area (Å²) in [5, 5.41) is 0. The Bertz CT molecular complexity index is 876. The summed E-state index contributed by atoms with van der Waals surface area (Å²) in [5.41, 5.74) is 0.868. The van der Waals surface area contributed by atoms with Gasteiger partial charge in [-0.2, -0.15) is 0 Å². The summed E-state index contributed by atoms with van der Waals surface area (Å²) in [6.07, 6.45) is 6.45. The van der Waals surface area contributed by atoms with Gasteiger partial charge in [0, 0.05) is 5.56 Å². The number of hydrogen-bond donors (Lipinski definition) is 0. The van der Waals surface area contributed by atoms with Crippen LogP contribution in [0.4, 0.5) is 0 Å². The van der Waals surface area contributed by atoms with Gasteiger partial charge in [0.2, 0.25) is 17.7 Å². The van der Waals surface area contributed by atoms with Crippen LogP contribution in [0.5, 0.6) is 0 Å². The first-order valence-corrected chi connectivity index (χ1v) is 8.79. The highest BCUT2D eigenvalue weighted by atomic mass is 16.5. The third-order valence-corrected chi connectivity index (χ3v) is 4.85. The zero-order valence-corrected chi connectivity index (χ0v) is 14.5. The van der Waals surface area contributed by atoms with Gasteiger partial charge in [0.05, 0.1) is 18.0 Å². The first-order chi connectivity index (χ1) is 13.1. The average Bonchev–Trinajstić information content (AvgIpc) is 3.27. The van der Waals surface area contributed by atoms with Crippen LogP contribution in [0.2, 0.25) is 0 Å². The van der Waals surface area contributed by atoms with Gasteiger partial charge in [-0.3, -0.25) is 19.3 Å². The molecule has 0 spiro atoms. The van der Waals surface area contributed by atoms with E-state index in [4.69, 9.17) is 9.15 Å². The lowest BCUT2D eigenvalue weighted by molar-refractivity contribution is -0.154. The smallest absolute Gasteiger partial charge is 0.326 e. The van der Waals surface area contributed by atoms with Gasteiger partial charge in [-0.15, -0.1) is 0 Å². The lowest BCUT2D eigenvalue weighted by Crippen LogP contribution is -2.36. The number of likely N-dealkylation sites (tertiary alicyclic amines) is 1. The highest BCUT2D eigenvalue weighted by Gasteiger charge is 2.47. The third kappa shape index (κ3) is 3.40. The van der Waals surface area contributed by atoms with Crippen LogP contribution in [0.15, 0.2) is 53.1 Å². The Labute approximate surface area is 155 Å². The summed E-state index contributed by atoms with van der Waals surface area (Å²) < 4.78 is 10.7. The number of nitrogens with zero attached hydrogens (tertiary/aromatic N) is 2. The van der Waals surface area contributed by atoms with E-state index in [0.29, 0.717) is 18.6 Å². The molecule has 1 aromatic heterocycles. The maximum absolute atomic E-state index is 12.4. The van der Waals surface area contributed by atoms with Crippen LogP contribution >= 0.6 is 0 Å². The van der Waals surface area contributed by atoms with Gasteiger partial charge in [0.1, 0.15) is 6.54 Å². The number of allylic oxidation sites excluding steroid dienone is 2. The van der Waals surface area contributed by atoms with E-state index in [2.05, 4.69) is 4.98 Å². The van der Waals surface area contributed by atoms with E-state index in [1.807, 2.05) is 42.5 Å². The third-order valence-electron chi connectivity index (χ3n) is 4.85. The Kier molecular flexibility index (Phi) is 4.58. The molecule has 1 aromatic carbocycles. The van der Waals surface area contributed by atoms with Crippen LogP contribution in [-0.4, -0.2) is 34.2 Å². The van der Waals surface area contributed by atoms with Crippen LogP contribution in [0.3, 0.4) is 0 Å². The highest BCUT2D eigenvalue weighted by Crippen LogP contribution is 2.34. The first kappa shape index (κ1) is 17.2. The van der Waals surface area contributed by atoms with Crippen molar-refractivity contribution in [2.75, 3.05) is 6.54 Å². The van der Waals surface area contributed by atoms with Crippen molar-refractivity contribution in [1.29, 1.82) is 0 Å². The molecule has 2 aliphatic rings. The van der Waals surface area contributed by atoms with E-state index >= 15 is 0 Å². The Balaban J connectivity index is 1.33. The van der Waals surface area contributed by atoms with E-state index < -0.39 is 5.97 Å². The second-order valence-corrected chi connectivity index (χ2v) is 6.56. The second kappa shape index (κ2) is 7.19. The number of benzene rings is 1. The number of esters is 1. The van der Waals surface area contributed by atoms with E-state index in [1.54, 1.807) is 6.20 Å². The van der Waals surface area contributed by atoms with Crippen molar-refractivity contribution < 1.29 is 23.5 Å². The van der Waals surface area contributed by atoms with Gasteiger partial charge >= 0.3 is 5.97 Å². The number of oxazole rings is 1. The minimum atomic E-state index is -0.664. The fraction of sp³-hybridized carbons (Fsp3) is 0.300.